The molecule has 0 nitrogen and oxygen atoms in total. The molecule has 0 amide bonds. The Kier molecular flexibility index (Phi) is 4.61. The lowest BCUT2D eigenvalue weighted by Gasteiger charge is -1.92. The van der Waals surface area contributed by atoms with E-state index >= 15 is 0 Å². The number of allylic oxidation sites excluding steroid dienone is 2. The van der Waals surface area contributed by atoms with Crippen LogP contribution in [0.5, 0.6) is 0 Å². The normalized spacial score (nSPS) is 16.2. The van der Waals surface area contributed by atoms with E-state index in [1.807, 2.05) is 0 Å². The summed E-state index contributed by atoms with van der Waals surface area (Å²) in [6.45, 7) is 0. The first kappa shape index (κ1) is 10.5. The lowest BCUT2D eigenvalue weighted by Crippen LogP contribution is -1.74. The topological polar surface area (TPSA) is 0 Å². The largest absolute Gasteiger partial charge is 0.209 e. The van der Waals surface area contributed by atoms with E-state index in [0.29, 0.717) is 0 Å². The third-order valence-electron chi connectivity index (χ3n) is 0.525. The standard InChI is InChI=1S/C4Cl4F2/c5-1(3(7)9)2(6)4(8)10/b3-1-,4-2-. The Morgan fingerprint density at radius 1 is 0.700 bits per heavy atom. The molecule has 0 aromatic heterocycles. The molecule has 0 bridgehead atoms. The Hall–Kier alpha value is 0.500. The molecule has 0 radical (unpaired) electrons. The van der Waals surface area contributed by atoms with Crippen LogP contribution < -0.4 is 0 Å². The fourth-order valence-electron chi connectivity index (χ4n) is 0.166. The smallest absolute Gasteiger partial charge is 0.192 e. The molecule has 0 aromatic rings. The summed E-state index contributed by atoms with van der Waals surface area (Å²) >= 11 is 19.4. The van der Waals surface area contributed by atoms with Gasteiger partial charge in [0.15, 0.2) is 0 Å². The summed E-state index contributed by atoms with van der Waals surface area (Å²) in [4.78, 5) is 0. The van der Waals surface area contributed by atoms with Crippen molar-refractivity contribution in [2.75, 3.05) is 0 Å². The van der Waals surface area contributed by atoms with E-state index in [9.17, 15) is 8.78 Å². The highest BCUT2D eigenvalue weighted by atomic mass is 35.5. The second-order valence-electron chi connectivity index (χ2n) is 1.15. The van der Waals surface area contributed by atoms with Crippen molar-refractivity contribution in [3.8, 4) is 0 Å². The maximum absolute atomic E-state index is 11.9. The van der Waals surface area contributed by atoms with Gasteiger partial charge in [0, 0.05) is 0 Å². The van der Waals surface area contributed by atoms with Crippen LogP contribution in [0.15, 0.2) is 20.6 Å². The van der Waals surface area contributed by atoms with Crippen LogP contribution >= 0.6 is 46.4 Å². The van der Waals surface area contributed by atoms with E-state index in [-0.39, 0.29) is 0 Å². The number of hydrogen-bond donors (Lipinski definition) is 0. The quantitative estimate of drug-likeness (QED) is 0.589. The Morgan fingerprint density at radius 3 is 1.00 bits per heavy atom. The van der Waals surface area contributed by atoms with Crippen molar-refractivity contribution in [1.29, 1.82) is 0 Å². The molecule has 0 N–H and O–H groups in total. The zero-order valence-electron chi connectivity index (χ0n) is 4.27. The van der Waals surface area contributed by atoms with Crippen molar-refractivity contribution >= 4 is 46.4 Å². The van der Waals surface area contributed by atoms with Crippen molar-refractivity contribution < 1.29 is 8.78 Å². The summed E-state index contributed by atoms with van der Waals surface area (Å²) in [5, 5.41) is -4.09. The molecular formula is C4Cl4F2. The van der Waals surface area contributed by atoms with Gasteiger partial charge < -0.3 is 0 Å². The molecule has 0 unspecified atom stereocenters. The highest BCUT2D eigenvalue weighted by Gasteiger charge is 2.09. The second kappa shape index (κ2) is 4.39. The van der Waals surface area contributed by atoms with E-state index in [1.54, 1.807) is 0 Å². The second-order valence-corrected chi connectivity index (χ2v) is 2.57. The summed E-state index contributed by atoms with van der Waals surface area (Å²) in [7, 11) is 0. The summed E-state index contributed by atoms with van der Waals surface area (Å²) in [6.07, 6.45) is 0. The van der Waals surface area contributed by atoms with Crippen molar-refractivity contribution in [3.05, 3.63) is 20.6 Å². The number of hydrogen-bond acceptors (Lipinski definition) is 0. The van der Waals surface area contributed by atoms with Gasteiger partial charge in [-0.25, -0.2) is 0 Å². The van der Waals surface area contributed by atoms with Crippen LogP contribution in [0.2, 0.25) is 0 Å². The third-order valence-corrected chi connectivity index (χ3v) is 1.90. The van der Waals surface area contributed by atoms with Crippen LogP contribution in [0, 0.1) is 0 Å². The molecule has 6 heteroatoms. The van der Waals surface area contributed by atoms with Gasteiger partial charge in [0.05, 0.1) is 0 Å². The van der Waals surface area contributed by atoms with E-state index in [4.69, 9.17) is 46.4 Å². The summed E-state index contributed by atoms with van der Waals surface area (Å²) in [6, 6.07) is 0. The van der Waals surface area contributed by atoms with Crippen molar-refractivity contribution in [2.24, 2.45) is 0 Å². The predicted molar refractivity (Wildman–Crippen MR) is 39.7 cm³/mol. The maximum atomic E-state index is 11.9. The third kappa shape index (κ3) is 3.06. The molecule has 0 spiro atoms. The molecule has 58 valence electrons. The molecule has 0 saturated heterocycles. The average molecular weight is 228 g/mol. The van der Waals surface area contributed by atoms with E-state index in [0.717, 1.165) is 0 Å². The van der Waals surface area contributed by atoms with Gasteiger partial charge in [0.25, 0.3) is 0 Å². The predicted octanol–water partition coefficient (Wildman–Crippen LogP) is 4.22. The van der Waals surface area contributed by atoms with Crippen molar-refractivity contribution in [3.63, 3.8) is 0 Å². The van der Waals surface area contributed by atoms with Crippen molar-refractivity contribution in [2.45, 2.75) is 0 Å². The fourth-order valence-corrected chi connectivity index (χ4v) is 0.618. The Bertz CT molecular complexity index is 165. The van der Waals surface area contributed by atoms with Gasteiger partial charge in [-0.15, -0.1) is 0 Å². The maximum Gasteiger partial charge on any atom is 0.209 e. The molecular weight excluding hydrogens is 228 g/mol. The summed E-state index contributed by atoms with van der Waals surface area (Å²) in [5.74, 6) is 0. The van der Waals surface area contributed by atoms with Crippen LogP contribution in [-0.4, -0.2) is 0 Å². The highest BCUT2D eigenvalue weighted by molar-refractivity contribution is 6.50. The zero-order valence-corrected chi connectivity index (χ0v) is 7.29. The molecule has 0 aliphatic carbocycles. The van der Waals surface area contributed by atoms with E-state index in [2.05, 4.69) is 0 Å². The Balaban J connectivity index is 4.71. The molecule has 0 aliphatic rings. The molecule has 0 rings (SSSR count). The molecule has 0 atom stereocenters. The van der Waals surface area contributed by atoms with Gasteiger partial charge in [-0.05, 0) is 23.2 Å². The number of rotatable bonds is 1. The average Bonchev–Trinajstić information content (AvgIpc) is 1.84. The first-order chi connectivity index (χ1) is 4.46. The van der Waals surface area contributed by atoms with Crippen LogP contribution in [0.3, 0.4) is 0 Å². The van der Waals surface area contributed by atoms with E-state index < -0.39 is 20.6 Å². The van der Waals surface area contributed by atoms with Gasteiger partial charge in [0.1, 0.15) is 10.1 Å². The van der Waals surface area contributed by atoms with Gasteiger partial charge in [-0.1, -0.05) is 23.2 Å². The molecule has 10 heavy (non-hydrogen) atoms. The zero-order chi connectivity index (χ0) is 8.31. The van der Waals surface area contributed by atoms with Gasteiger partial charge in [-0.2, -0.15) is 8.78 Å². The minimum atomic E-state index is -1.30. The molecule has 0 aliphatic heterocycles. The minimum Gasteiger partial charge on any atom is -0.192 e. The van der Waals surface area contributed by atoms with Crippen molar-refractivity contribution in [1.82, 2.24) is 0 Å². The molecule has 0 aromatic carbocycles. The van der Waals surface area contributed by atoms with Gasteiger partial charge in [0.2, 0.25) is 10.6 Å². The summed E-state index contributed by atoms with van der Waals surface area (Å²) < 4.78 is 23.7. The molecule has 0 saturated carbocycles. The lowest BCUT2D eigenvalue weighted by molar-refractivity contribution is 0.680. The fraction of sp³-hybridized carbons (Fsp3) is 0. The van der Waals surface area contributed by atoms with Gasteiger partial charge in [-0.3, -0.25) is 0 Å². The van der Waals surface area contributed by atoms with Crippen LogP contribution in [0.25, 0.3) is 0 Å². The highest BCUT2D eigenvalue weighted by Crippen LogP contribution is 2.30. The monoisotopic (exact) mass is 226 g/mol. The first-order valence-electron chi connectivity index (χ1n) is 1.88. The van der Waals surface area contributed by atoms with E-state index in [1.165, 1.54) is 0 Å². The SMILES string of the molecule is F/C(Cl)=C(Cl)/C(Cl)=C(/F)Cl. The lowest BCUT2D eigenvalue weighted by atomic mass is 10.6. The van der Waals surface area contributed by atoms with Crippen LogP contribution in [0.1, 0.15) is 0 Å². The van der Waals surface area contributed by atoms with Gasteiger partial charge >= 0.3 is 0 Å². The summed E-state index contributed by atoms with van der Waals surface area (Å²) in [5.41, 5.74) is 0. The van der Waals surface area contributed by atoms with Crippen LogP contribution in [0.4, 0.5) is 8.78 Å². The Morgan fingerprint density at radius 2 is 0.900 bits per heavy atom. The first-order valence-corrected chi connectivity index (χ1v) is 3.40. The molecule has 0 fully saturated rings. The Labute approximate surface area is 76.0 Å². The minimum absolute atomic E-state index is 0.740. The molecule has 0 heterocycles. The van der Waals surface area contributed by atoms with Crippen LogP contribution in [-0.2, 0) is 0 Å². The number of halogens is 6.